The Bertz CT molecular complexity index is 1080. The second-order valence-corrected chi connectivity index (χ2v) is 9.32. The van der Waals surface area contributed by atoms with Gasteiger partial charge in [0.15, 0.2) is 43.1 Å². The lowest BCUT2D eigenvalue weighted by Gasteiger charge is -2.44. The van der Waals surface area contributed by atoms with Crippen molar-refractivity contribution in [1.82, 2.24) is 0 Å². The lowest BCUT2D eigenvalue weighted by Crippen LogP contribution is -2.62. The van der Waals surface area contributed by atoms with Crippen molar-refractivity contribution in [3.8, 4) is 0 Å². The van der Waals surface area contributed by atoms with Crippen LogP contribution in [-0.2, 0) is 73.2 Å². The molecule has 0 amide bonds. The van der Waals surface area contributed by atoms with Crippen molar-refractivity contribution in [3.63, 3.8) is 0 Å². The Morgan fingerprint density at radius 1 is 0.610 bits per heavy atom. The highest BCUT2D eigenvalue weighted by atomic mass is 16.8. The molecule has 14 nitrogen and oxygen atoms in total. The minimum Gasteiger partial charge on any atom is -0.456 e. The fourth-order valence-electron chi connectivity index (χ4n) is 4.40. The Morgan fingerprint density at radius 2 is 1.05 bits per heavy atom. The average molecular weight is 583 g/mol. The van der Waals surface area contributed by atoms with E-state index in [1.54, 1.807) is 0 Å². The molecule has 0 radical (unpaired) electrons. The Morgan fingerprint density at radius 3 is 1.59 bits per heavy atom. The second kappa shape index (κ2) is 14.9. The van der Waals surface area contributed by atoms with Crippen LogP contribution in [0.4, 0.5) is 0 Å². The smallest absolute Gasteiger partial charge is 0.303 e. The lowest BCUT2D eigenvalue weighted by atomic mass is 10.0. The number of esters is 5. The molecule has 3 rings (SSSR count). The minimum absolute atomic E-state index is 0.101. The molecular weight excluding hydrogens is 548 g/mol. The highest BCUT2D eigenvalue weighted by Crippen LogP contribution is 2.31. The van der Waals surface area contributed by atoms with Crippen LogP contribution in [0.25, 0.3) is 0 Å². The lowest BCUT2D eigenvalue weighted by molar-refractivity contribution is -0.333. The number of ether oxygens (including phenoxy) is 9. The van der Waals surface area contributed by atoms with E-state index in [1.807, 2.05) is 30.3 Å². The molecule has 0 spiro atoms. The van der Waals surface area contributed by atoms with Gasteiger partial charge in [0.2, 0.25) is 0 Å². The molecule has 2 aliphatic heterocycles. The number of rotatable bonds is 10. The molecule has 2 saturated heterocycles. The van der Waals surface area contributed by atoms with Crippen molar-refractivity contribution in [2.75, 3.05) is 13.2 Å². The fraction of sp³-hybridized carbons (Fsp3) is 0.593. The second-order valence-electron chi connectivity index (χ2n) is 9.32. The Hall–Kier alpha value is -3.59. The summed E-state index contributed by atoms with van der Waals surface area (Å²) in [5, 5.41) is 0. The standard InChI is InChI=1S/C27H34O14/c1-14(28)36-20-12-35-27(25(40-18(5)32)22(20)37-15(2)29)41-21-13-34-26(33-11-19-9-7-6-8-10-19)24(39-17(4)31)23(21)38-16(3)30/h6-10,20-27H,11-13H2,1-5H3/t20-,21-,22+,23+,24-,25-,26-,27+/m1/s1. The first kappa shape index (κ1) is 31.9. The molecule has 8 atom stereocenters. The van der Waals surface area contributed by atoms with Crippen LogP contribution in [0.1, 0.15) is 40.2 Å². The summed E-state index contributed by atoms with van der Waals surface area (Å²) in [5.41, 5.74) is 0.818. The Balaban J connectivity index is 1.86. The fourth-order valence-corrected chi connectivity index (χ4v) is 4.40. The SMILES string of the molecule is CC(=O)O[C@@H]1[C@@H](OC(C)=O)[C@H](O[C@@H]2CO[C@@H](OCc3ccccc3)[C@H](OC(C)=O)[C@H]2OC(C)=O)OC[C@H]1OC(C)=O. The van der Waals surface area contributed by atoms with Crippen LogP contribution in [0.15, 0.2) is 30.3 Å². The minimum atomic E-state index is -1.40. The molecular formula is C27H34O14. The predicted octanol–water partition coefficient (Wildman–Crippen LogP) is 0.960. The number of carbonyl (C=O) groups is 5. The summed E-state index contributed by atoms with van der Waals surface area (Å²) >= 11 is 0. The van der Waals surface area contributed by atoms with E-state index in [1.165, 1.54) is 6.92 Å². The first-order valence-electron chi connectivity index (χ1n) is 12.8. The van der Waals surface area contributed by atoms with Gasteiger partial charge < -0.3 is 42.6 Å². The molecule has 0 saturated carbocycles. The molecule has 0 aromatic heterocycles. The largest absolute Gasteiger partial charge is 0.456 e. The summed E-state index contributed by atoms with van der Waals surface area (Å²) in [7, 11) is 0. The molecule has 0 N–H and O–H groups in total. The van der Waals surface area contributed by atoms with Gasteiger partial charge in [0.1, 0.15) is 6.10 Å². The van der Waals surface area contributed by atoms with E-state index < -0.39 is 79.1 Å². The normalized spacial score (nSPS) is 29.5. The van der Waals surface area contributed by atoms with E-state index in [-0.39, 0.29) is 19.8 Å². The van der Waals surface area contributed by atoms with Gasteiger partial charge in [0, 0.05) is 34.6 Å². The highest BCUT2D eigenvalue weighted by molar-refractivity contribution is 5.69. The Labute approximate surface area is 236 Å². The first-order valence-corrected chi connectivity index (χ1v) is 12.8. The zero-order valence-corrected chi connectivity index (χ0v) is 23.3. The van der Waals surface area contributed by atoms with Crippen molar-refractivity contribution in [3.05, 3.63) is 35.9 Å². The molecule has 2 heterocycles. The van der Waals surface area contributed by atoms with Gasteiger partial charge in [-0.15, -0.1) is 0 Å². The van der Waals surface area contributed by atoms with Gasteiger partial charge >= 0.3 is 29.8 Å². The summed E-state index contributed by atoms with van der Waals surface area (Å²) in [6, 6.07) is 9.16. The van der Waals surface area contributed by atoms with Crippen LogP contribution < -0.4 is 0 Å². The van der Waals surface area contributed by atoms with E-state index in [2.05, 4.69) is 0 Å². The summed E-state index contributed by atoms with van der Waals surface area (Å²) in [4.78, 5) is 59.6. The van der Waals surface area contributed by atoms with Gasteiger partial charge in [-0.3, -0.25) is 24.0 Å². The van der Waals surface area contributed by atoms with Gasteiger partial charge in [-0.2, -0.15) is 0 Å². The number of hydrogen-bond donors (Lipinski definition) is 0. The van der Waals surface area contributed by atoms with E-state index in [0.717, 1.165) is 33.3 Å². The van der Waals surface area contributed by atoms with Gasteiger partial charge in [-0.1, -0.05) is 30.3 Å². The zero-order valence-electron chi connectivity index (χ0n) is 23.3. The third kappa shape index (κ3) is 9.49. The molecule has 14 heteroatoms. The maximum atomic E-state index is 12.1. The van der Waals surface area contributed by atoms with Gasteiger partial charge in [-0.25, -0.2) is 0 Å². The maximum Gasteiger partial charge on any atom is 0.303 e. The van der Waals surface area contributed by atoms with Crippen molar-refractivity contribution in [2.24, 2.45) is 0 Å². The molecule has 0 unspecified atom stereocenters. The molecule has 1 aromatic carbocycles. The molecule has 226 valence electrons. The summed E-state index contributed by atoms with van der Waals surface area (Å²) in [6.07, 6.45) is -9.97. The third-order valence-electron chi connectivity index (χ3n) is 5.86. The molecule has 2 fully saturated rings. The third-order valence-corrected chi connectivity index (χ3v) is 5.86. The topological polar surface area (TPSA) is 168 Å². The monoisotopic (exact) mass is 582 g/mol. The van der Waals surface area contributed by atoms with Gasteiger partial charge in [0.05, 0.1) is 19.8 Å². The number of benzene rings is 1. The van der Waals surface area contributed by atoms with E-state index >= 15 is 0 Å². The van der Waals surface area contributed by atoms with Crippen molar-refractivity contribution < 1.29 is 66.6 Å². The van der Waals surface area contributed by atoms with E-state index in [4.69, 9.17) is 42.6 Å². The van der Waals surface area contributed by atoms with Crippen molar-refractivity contribution in [1.29, 1.82) is 0 Å². The van der Waals surface area contributed by atoms with Crippen LogP contribution in [-0.4, -0.2) is 92.3 Å². The molecule has 0 bridgehead atoms. The van der Waals surface area contributed by atoms with Gasteiger partial charge in [0.25, 0.3) is 0 Å². The Kier molecular flexibility index (Phi) is 11.6. The average Bonchev–Trinajstić information content (AvgIpc) is 2.88. The highest BCUT2D eigenvalue weighted by Gasteiger charge is 2.52. The van der Waals surface area contributed by atoms with Crippen LogP contribution >= 0.6 is 0 Å². The number of hydrogen-bond acceptors (Lipinski definition) is 14. The zero-order chi connectivity index (χ0) is 30.1. The van der Waals surface area contributed by atoms with Crippen LogP contribution in [0.2, 0.25) is 0 Å². The van der Waals surface area contributed by atoms with E-state index in [0.29, 0.717) is 0 Å². The molecule has 2 aliphatic rings. The van der Waals surface area contributed by atoms with Crippen molar-refractivity contribution >= 4 is 29.8 Å². The number of carbonyl (C=O) groups excluding carboxylic acids is 5. The summed E-state index contributed by atoms with van der Waals surface area (Å²) in [6.45, 7) is 5.32. The maximum absolute atomic E-state index is 12.1. The summed E-state index contributed by atoms with van der Waals surface area (Å²) in [5.74, 6) is -3.60. The van der Waals surface area contributed by atoms with E-state index in [9.17, 15) is 24.0 Å². The van der Waals surface area contributed by atoms with Crippen LogP contribution in [0, 0.1) is 0 Å². The first-order chi connectivity index (χ1) is 19.4. The predicted molar refractivity (Wildman–Crippen MR) is 133 cm³/mol. The molecule has 1 aromatic rings. The molecule has 41 heavy (non-hydrogen) atoms. The van der Waals surface area contributed by atoms with Crippen LogP contribution in [0.3, 0.4) is 0 Å². The van der Waals surface area contributed by atoms with Crippen molar-refractivity contribution in [2.45, 2.75) is 90.4 Å². The quantitative estimate of drug-likeness (QED) is 0.282. The molecule has 0 aliphatic carbocycles. The van der Waals surface area contributed by atoms with Gasteiger partial charge in [-0.05, 0) is 5.56 Å². The summed E-state index contributed by atoms with van der Waals surface area (Å²) < 4.78 is 50.3. The van der Waals surface area contributed by atoms with Crippen LogP contribution in [0.5, 0.6) is 0 Å².